The number of nitrogens with one attached hydrogen (secondary N) is 2. The Labute approximate surface area is 189 Å². The summed E-state index contributed by atoms with van der Waals surface area (Å²) in [5.41, 5.74) is 3.94. The van der Waals surface area contributed by atoms with E-state index in [1.807, 2.05) is 60.8 Å². The van der Waals surface area contributed by atoms with Crippen LogP contribution in [0.25, 0.3) is 33.0 Å². The number of aromatic amines is 1. The zero-order valence-electron chi connectivity index (χ0n) is 17.8. The van der Waals surface area contributed by atoms with Gasteiger partial charge in [0.1, 0.15) is 11.3 Å². The number of ether oxygens (including phenoxy) is 1. The summed E-state index contributed by atoms with van der Waals surface area (Å²) in [6.07, 6.45) is 2.69. The molecule has 5 rings (SSSR count). The molecule has 5 aromatic rings. The third-order valence-corrected chi connectivity index (χ3v) is 5.56. The van der Waals surface area contributed by atoms with Crippen molar-refractivity contribution >= 4 is 27.8 Å². The monoisotopic (exact) mass is 438 g/mol. The van der Waals surface area contributed by atoms with Crippen molar-refractivity contribution in [2.24, 2.45) is 0 Å². The number of H-pyrrole nitrogens is 1. The number of carbonyl (C=O) groups excluding carboxylic acids is 1. The maximum Gasteiger partial charge on any atom is 0.336 e. The van der Waals surface area contributed by atoms with Gasteiger partial charge in [-0.3, -0.25) is 4.79 Å². The smallest absolute Gasteiger partial charge is 0.336 e. The van der Waals surface area contributed by atoms with Crippen molar-refractivity contribution in [1.29, 1.82) is 0 Å². The molecule has 0 aliphatic carbocycles. The van der Waals surface area contributed by atoms with Crippen LogP contribution in [0.15, 0.2) is 94.3 Å². The molecule has 0 radical (unpaired) electrons. The molecule has 0 spiro atoms. The van der Waals surface area contributed by atoms with Gasteiger partial charge in [0.25, 0.3) is 5.91 Å². The van der Waals surface area contributed by atoms with Crippen molar-refractivity contribution in [2.45, 2.75) is 6.42 Å². The Kier molecular flexibility index (Phi) is 5.64. The van der Waals surface area contributed by atoms with Gasteiger partial charge in [0.2, 0.25) is 0 Å². The van der Waals surface area contributed by atoms with Gasteiger partial charge in [-0.05, 0) is 41.3 Å². The van der Waals surface area contributed by atoms with E-state index in [0.29, 0.717) is 17.9 Å². The minimum Gasteiger partial charge on any atom is -0.484 e. The highest BCUT2D eigenvalue weighted by atomic mass is 16.5. The van der Waals surface area contributed by atoms with Gasteiger partial charge in [0.05, 0.1) is 0 Å². The van der Waals surface area contributed by atoms with Crippen LogP contribution in [0.4, 0.5) is 0 Å². The van der Waals surface area contributed by atoms with E-state index in [4.69, 9.17) is 9.15 Å². The van der Waals surface area contributed by atoms with Crippen molar-refractivity contribution in [1.82, 2.24) is 10.3 Å². The molecule has 6 nitrogen and oxygen atoms in total. The van der Waals surface area contributed by atoms with Crippen molar-refractivity contribution in [3.05, 3.63) is 101 Å². The van der Waals surface area contributed by atoms with E-state index in [9.17, 15) is 9.59 Å². The van der Waals surface area contributed by atoms with E-state index in [1.54, 1.807) is 12.1 Å². The molecule has 0 bridgehead atoms. The molecule has 0 saturated heterocycles. The molecule has 0 fully saturated rings. The molecule has 2 N–H and O–H groups in total. The predicted molar refractivity (Wildman–Crippen MR) is 128 cm³/mol. The van der Waals surface area contributed by atoms with Gasteiger partial charge in [0, 0.05) is 41.2 Å². The van der Waals surface area contributed by atoms with Gasteiger partial charge in [-0.1, -0.05) is 48.5 Å². The van der Waals surface area contributed by atoms with Crippen LogP contribution in [-0.4, -0.2) is 24.0 Å². The maximum atomic E-state index is 12.2. The van der Waals surface area contributed by atoms with Gasteiger partial charge in [-0.15, -0.1) is 0 Å². The number of rotatable bonds is 7. The van der Waals surface area contributed by atoms with Gasteiger partial charge in [0.15, 0.2) is 6.61 Å². The first-order valence-electron chi connectivity index (χ1n) is 10.8. The van der Waals surface area contributed by atoms with E-state index in [-0.39, 0.29) is 12.5 Å². The quantitative estimate of drug-likeness (QED) is 0.362. The Morgan fingerprint density at radius 2 is 1.76 bits per heavy atom. The van der Waals surface area contributed by atoms with Crippen LogP contribution in [0.1, 0.15) is 5.56 Å². The van der Waals surface area contributed by atoms with Crippen LogP contribution in [0.2, 0.25) is 0 Å². The number of hydrogen-bond acceptors (Lipinski definition) is 4. The lowest BCUT2D eigenvalue weighted by atomic mass is 10.0. The van der Waals surface area contributed by atoms with Crippen LogP contribution in [-0.2, 0) is 11.2 Å². The summed E-state index contributed by atoms with van der Waals surface area (Å²) in [4.78, 5) is 27.6. The summed E-state index contributed by atoms with van der Waals surface area (Å²) in [5, 5.41) is 4.85. The summed E-state index contributed by atoms with van der Waals surface area (Å²) in [6.45, 7) is 0.388. The first-order valence-corrected chi connectivity index (χ1v) is 10.8. The van der Waals surface area contributed by atoms with E-state index < -0.39 is 5.63 Å². The fourth-order valence-electron chi connectivity index (χ4n) is 3.96. The Bertz CT molecular complexity index is 1480. The lowest BCUT2D eigenvalue weighted by Crippen LogP contribution is -2.30. The third-order valence-electron chi connectivity index (χ3n) is 5.56. The molecule has 2 aromatic heterocycles. The molecule has 1 amide bonds. The fourth-order valence-corrected chi connectivity index (χ4v) is 3.96. The summed E-state index contributed by atoms with van der Waals surface area (Å²) in [6, 6.07) is 24.5. The largest absolute Gasteiger partial charge is 0.484 e. The Morgan fingerprint density at radius 1 is 0.939 bits per heavy atom. The van der Waals surface area contributed by atoms with Crippen molar-refractivity contribution < 1.29 is 13.9 Å². The van der Waals surface area contributed by atoms with Crippen LogP contribution >= 0.6 is 0 Å². The number of benzene rings is 3. The second kappa shape index (κ2) is 9.04. The second-order valence-corrected chi connectivity index (χ2v) is 7.75. The first kappa shape index (κ1) is 20.6. The minimum atomic E-state index is -0.437. The van der Waals surface area contributed by atoms with Gasteiger partial charge in [-0.25, -0.2) is 4.79 Å². The Morgan fingerprint density at radius 3 is 2.64 bits per heavy atom. The van der Waals surface area contributed by atoms with Gasteiger partial charge >= 0.3 is 5.63 Å². The average molecular weight is 438 g/mol. The zero-order chi connectivity index (χ0) is 22.6. The van der Waals surface area contributed by atoms with Crippen molar-refractivity contribution in [3.63, 3.8) is 0 Å². The molecule has 0 unspecified atom stereocenters. The van der Waals surface area contributed by atoms with Crippen molar-refractivity contribution in [2.75, 3.05) is 13.2 Å². The summed E-state index contributed by atoms with van der Waals surface area (Å²) in [5.74, 6) is 0.247. The third kappa shape index (κ3) is 4.50. The predicted octanol–water partition coefficient (Wildman–Crippen LogP) is 4.68. The highest BCUT2D eigenvalue weighted by Gasteiger charge is 2.10. The Hall–Kier alpha value is -4.32. The number of carbonyl (C=O) groups is 1. The molecule has 164 valence electrons. The first-order chi connectivity index (χ1) is 16.2. The number of hydrogen-bond donors (Lipinski definition) is 2. The number of amides is 1. The molecule has 0 aliphatic rings. The van der Waals surface area contributed by atoms with Crippen LogP contribution < -0.4 is 15.7 Å². The number of aromatic nitrogens is 1. The minimum absolute atomic E-state index is 0.123. The van der Waals surface area contributed by atoms with E-state index in [0.717, 1.165) is 39.4 Å². The van der Waals surface area contributed by atoms with Crippen molar-refractivity contribution in [3.8, 4) is 16.9 Å². The van der Waals surface area contributed by atoms with Crippen LogP contribution in [0, 0.1) is 0 Å². The Balaban J connectivity index is 1.22. The molecule has 6 heteroatoms. The number of fused-ring (bicyclic) bond motifs is 2. The fraction of sp³-hybridized carbons (Fsp3) is 0.111. The highest BCUT2D eigenvalue weighted by molar-refractivity contribution is 5.93. The summed E-state index contributed by atoms with van der Waals surface area (Å²) in [7, 11) is 0. The SMILES string of the molecule is O=C(COc1ccc2c(-c3ccccc3)cc(=O)oc2c1)NCCc1c[nH]c2ccccc12. The molecule has 33 heavy (non-hydrogen) atoms. The molecule has 2 heterocycles. The standard InChI is InChI=1S/C27H22N2O4/c30-26(28-13-12-19-16-29-24-9-5-4-8-21(19)24)17-32-20-10-11-22-23(18-6-2-1-3-7-18)15-27(31)33-25(22)14-20/h1-11,14-16,29H,12-13,17H2,(H,28,30). The molecule has 0 atom stereocenters. The van der Waals surface area contributed by atoms with Crippen LogP contribution in [0.3, 0.4) is 0 Å². The van der Waals surface area contributed by atoms with E-state index in [2.05, 4.69) is 16.4 Å². The zero-order valence-corrected chi connectivity index (χ0v) is 17.8. The van der Waals surface area contributed by atoms with Gasteiger partial charge in [-0.2, -0.15) is 0 Å². The van der Waals surface area contributed by atoms with Crippen LogP contribution in [0.5, 0.6) is 5.75 Å². The molecule has 3 aromatic carbocycles. The molecule has 0 saturated carbocycles. The lowest BCUT2D eigenvalue weighted by molar-refractivity contribution is -0.123. The highest BCUT2D eigenvalue weighted by Crippen LogP contribution is 2.29. The lowest BCUT2D eigenvalue weighted by Gasteiger charge is -2.09. The second-order valence-electron chi connectivity index (χ2n) is 7.75. The summed E-state index contributed by atoms with van der Waals surface area (Å²) < 4.78 is 11.0. The molecular weight excluding hydrogens is 416 g/mol. The summed E-state index contributed by atoms with van der Waals surface area (Å²) >= 11 is 0. The average Bonchev–Trinajstić information content (AvgIpc) is 3.25. The topological polar surface area (TPSA) is 84.3 Å². The number of para-hydroxylation sites is 1. The molecular formula is C27H22N2O4. The van der Waals surface area contributed by atoms with Gasteiger partial charge < -0.3 is 19.5 Å². The maximum absolute atomic E-state index is 12.2. The molecule has 0 aliphatic heterocycles. The van der Waals surface area contributed by atoms with E-state index in [1.165, 1.54) is 6.07 Å². The normalized spacial score (nSPS) is 11.0. The van der Waals surface area contributed by atoms with E-state index >= 15 is 0 Å².